The van der Waals surface area contributed by atoms with E-state index in [1.807, 2.05) is 60.7 Å². The Labute approximate surface area is 138 Å². The van der Waals surface area contributed by atoms with Crippen molar-refractivity contribution in [1.82, 2.24) is 4.98 Å². The van der Waals surface area contributed by atoms with Gasteiger partial charge in [0, 0.05) is 17.2 Å². The average Bonchev–Trinajstić information content (AvgIpc) is 2.62. The lowest BCUT2D eigenvalue weighted by Crippen LogP contribution is -2.04. The van der Waals surface area contributed by atoms with Crippen LogP contribution < -0.4 is 0 Å². The summed E-state index contributed by atoms with van der Waals surface area (Å²) in [6.07, 6.45) is 0.871. The maximum absolute atomic E-state index is 13.5. The second kappa shape index (κ2) is 6.83. The number of pyridine rings is 1. The Morgan fingerprint density at radius 2 is 1.50 bits per heavy atom. The van der Waals surface area contributed by atoms with Crippen molar-refractivity contribution in [1.29, 1.82) is 0 Å². The molecule has 4 nitrogen and oxygen atoms in total. The highest BCUT2D eigenvalue weighted by Gasteiger charge is 2.13. The molecule has 0 aliphatic rings. The van der Waals surface area contributed by atoms with Gasteiger partial charge in [-0.15, -0.1) is 0 Å². The number of benzene rings is 2. The molecule has 0 aliphatic heterocycles. The van der Waals surface area contributed by atoms with Gasteiger partial charge in [0.1, 0.15) is 5.56 Å². The molecule has 0 unspecified atom stereocenters. The van der Waals surface area contributed by atoms with Crippen LogP contribution >= 0.6 is 0 Å². The highest BCUT2D eigenvalue weighted by molar-refractivity contribution is 6.13. The molecule has 1 N–H and O–H groups in total. The maximum Gasteiger partial charge on any atom is 0.338 e. The van der Waals surface area contributed by atoms with Crippen LogP contribution in [0.3, 0.4) is 0 Å². The van der Waals surface area contributed by atoms with E-state index in [9.17, 15) is 9.18 Å². The Balaban J connectivity index is 2.14. The fourth-order valence-electron chi connectivity index (χ4n) is 2.26. The third-order valence-corrected chi connectivity index (χ3v) is 3.39. The van der Waals surface area contributed by atoms with Crippen molar-refractivity contribution in [3.05, 3.63) is 95.4 Å². The van der Waals surface area contributed by atoms with Crippen LogP contribution in [0.1, 0.15) is 21.5 Å². The van der Waals surface area contributed by atoms with Gasteiger partial charge in [0.2, 0.25) is 0 Å². The van der Waals surface area contributed by atoms with Crippen molar-refractivity contribution in [2.75, 3.05) is 0 Å². The number of carboxylic acids is 1. The number of halogens is 1. The first kappa shape index (κ1) is 15.6. The van der Waals surface area contributed by atoms with Gasteiger partial charge < -0.3 is 5.11 Å². The molecule has 0 fully saturated rings. The number of aromatic carboxylic acids is 1. The van der Waals surface area contributed by atoms with Gasteiger partial charge in [-0.2, -0.15) is 0 Å². The summed E-state index contributed by atoms with van der Waals surface area (Å²) in [6.45, 7) is 0. The molecule has 0 spiro atoms. The summed E-state index contributed by atoms with van der Waals surface area (Å²) in [6, 6.07) is 20.0. The minimum atomic E-state index is -1.35. The smallest absolute Gasteiger partial charge is 0.338 e. The number of carbonyl (C=O) groups is 1. The molecular formula is C19H13FN2O2. The van der Waals surface area contributed by atoms with Crippen LogP contribution in [0.5, 0.6) is 0 Å². The quantitative estimate of drug-likeness (QED) is 0.737. The molecular weight excluding hydrogens is 307 g/mol. The molecule has 1 aromatic heterocycles. The number of rotatable bonds is 4. The van der Waals surface area contributed by atoms with Gasteiger partial charge in [-0.3, -0.25) is 0 Å². The summed E-state index contributed by atoms with van der Waals surface area (Å²) in [7, 11) is 0. The zero-order valence-electron chi connectivity index (χ0n) is 12.6. The van der Waals surface area contributed by atoms with Crippen LogP contribution in [0.4, 0.5) is 10.2 Å². The number of hydrogen-bond donors (Lipinski definition) is 1. The number of carboxylic acid groups (broad SMARTS) is 1. The minimum absolute atomic E-state index is 0.136. The van der Waals surface area contributed by atoms with Crippen molar-refractivity contribution < 1.29 is 14.3 Å². The molecule has 5 heteroatoms. The number of nitrogens with zero attached hydrogens (tertiary/aromatic N) is 2. The third kappa shape index (κ3) is 3.35. The Morgan fingerprint density at radius 1 is 0.958 bits per heavy atom. The molecule has 118 valence electrons. The van der Waals surface area contributed by atoms with E-state index in [0.29, 0.717) is 5.71 Å². The van der Waals surface area contributed by atoms with Gasteiger partial charge in [0.15, 0.2) is 11.6 Å². The van der Waals surface area contributed by atoms with Crippen LogP contribution in [0, 0.1) is 5.82 Å². The van der Waals surface area contributed by atoms with E-state index >= 15 is 0 Å². The van der Waals surface area contributed by atoms with Crippen molar-refractivity contribution in [2.24, 2.45) is 4.99 Å². The monoisotopic (exact) mass is 320 g/mol. The lowest BCUT2D eigenvalue weighted by Gasteiger charge is -2.07. The molecule has 0 saturated heterocycles. The zero-order chi connectivity index (χ0) is 16.9. The Kier molecular flexibility index (Phi) is 4.43. The van der Waals surface area contributed by atoms with Crippen molar-refractivity contribution in [3.63, 3.8) is 0 Å². The lowest BCUT2D eigenvalue weighted by molar-refractivity contribution is 0.0691. The summed E-state index contributed by atoms with van der Waals surface area (Å²) < 4.78 is 13.5. The van der Waals surface area contributed by atoms with E-state index in [0.717, 1.165) is 23.4 Å². The van der Waals surface area contributed by atoms with Gasteiger partial charge in [-0.25, -0.2) is 19.2 Å². The van der Waals surface area contributed by atoms with Crippen molar-refractivity contribution >= 4 is 17.5 Å². The van der Waals surface area contributed by atoms with E-state index in [1.54, 1.807) is 0 Å². The first-order valence-corrected chi connectivity index (χ1v) is 7.23. The first-order valence-electron chi connectivity index (χ1n) is 7.23. The Bertz CT molecular complexity index is 852. The highest BCUT2D eigenvalue weighted by Crippen LogP contribution is 2.19. The van der Waals surface area contributed by atoms with Crippen LogP contribution in [-0.4, -0.2) is 21.8 Å². The standard InChI is InChI=1S/C19H13FN2O2/c20-16-12-21-17(11-15(16)19(23)24)22-18(13-7-3-1-4-8-13)14-9-5-2-6-10-14/h1-12H,(H,23,24). The normalized spacial score (nSPS) is 10.2. The van der Waals surface area contributed by atoms with Gasteiger partial charge in [-0.05, 0) is 0 Å². The summed E-state index contributed by atoms with van der Waals surface area (Å²) in [5.74, 6) is -2.11. The third-order valence-electron chi connectivity index (χ3n) is 3.39. The second-order valence-electron chi connectivity index (χ2n) is 5.02. The van der Waals surface area contributed by atoms with Crippen molar-refractivity contribution in [2.45, 2.75) is 0 Å². The molecule has 24 heavy (non-hydrogen) atoms. The van der Waals surface area contributed by atoms with Gasteiger partial charge in [0.05, 0.1) is 11.9 Å². The van der Waals surface area contributed by atoms with Crippen LogP contribution in [0.25, 0.3) is 0 Å². The van der Waals surface area contributed by atoms with Crippen molar-refractivity contribution in [3.8, 4) is 0 Å². The van der Waals surface area contributed by atoms with Gasteiger partial charge in [-0.1, -0.05) is 60.7 Å². The molecule has 0 amide bonds. The highest BCUT2D eigenvalue weighted by atomic mass is 19.1. The molecule has 3 rings (SSSR count). The van der Waals surface area contributed by atoms with E-state index in [2.05, 4.69) is 9.98 Å². The van der Waals surface area contributed by atoms with E-state index in [-0.39, 0.29) is 5.82 Å². The fraction of sp³-hybridized carbons (Fsp3) is 0. The molecule has 0 bridgehead atoms. The van der Waals surface area contributed by atoms with Gasteiger partial charge >= 0.3 is 5.97 Å². The van der Waals surface area contributed by atoms with Crippen LogP contribution in [0.2, 0.25) is 0 Å². The summed E-state index contributed by atoms with van der Waals surface area (Å²) in [5.41, 5.74) is 1.88. The largest absolute Gasteiger partial charge is 0.478 e. The Morgan fingerprint density at radius 3 is 2.00 bits per heavy atom. The molecule has 0 aliphatic carbocycles. The summed E-state index contributed by atoms with van der Waals surface area (Å²) in [5, 5.41) is 9.04. The first-order chi connectivity index (χ1) is 11.6. The molecule has 0 saturated carbocycles. The van der Waals surface area contributed by atoms with Gasteiger partial charge in [0.25, 0.3) is 0 Å². The SMILES string of the molecule is O=C(O)c1cc(N=C(c2ccccc2)c2ccccc2)ncc1F. The topological polar surface area (TPSA) is 62.5 Å². The van der Waals surface area contributed by atoms with E-state index in [1.165, 1.54) is 0 Å². The number of aliphatic imine (C=N–C) groups is 1. The molecule has 3 aromatic rings. The fourth-order valence-corrected chi connectivity index (χ4v) is 2.26. The number of aromatic nitrogens is 1. The zero-order valence-corrected chi connectivity index (χ0v) is 12.6. The Hall–Kier alpha value is -3.34. The molecule has 0 atom stereocenters. The summed E-state index contributed by atoms with van der Waals surface area (Å²) in [4.78, 5) is 19.4. The predicted molar refractivity (Wildman–Crippen MR) is 89.3 cm³/mol. The predicted octanol–water partition coefficient (Wildman–Crippen LogP) is 4.09. The minimum Gasteiger partial charge on any atom is -0.478 e. The van der Waals surface area contributed by atoms with Crippen LogP contribution in [0.15, 0.2) is 77.9 Å². The molecule has 0 radical (unpaired) electrons. The number of hydrogen-bond acceptors (Lipinski definition) is 3. The lowest BCUT2D eigenvalue weighted by atomic mass is 10.0. The van der Waals surface area contributed by atoms with Crippen LogP contribution in [-0.2, 0) is 0 Å². The molecule has 1 heterocycles. The van der Waals surface area contributed by atoms with E-state index < -0.39 is 17.3 Å². The second-order valence-corrected chi connectivity index (χ2v) is 5.02. The summed E-state index contributed by atoms with van der Waals surface area (Å²) >= 11 is 0. The van der Waals surface area contributed by atoms with E-state index in [4.69, 9.17) is 5.11 Å². The average molecular weight is 320 g/mol. The molecule has 2 aromatic carbocycles. The maximum atomic E-state index is 13.5.